The highest BCUT2D eigenvalue weighted by Crippen LogP contribution is 2.15. The molecule has 0 fully saturated rings. The summed E-state index contributed by atoms with van der Waals surface area (Å²) >= 11 is 0. The molecule has 0 radical (unpaired) electrons. The first-order chi connectivity index (χ1) is 16.8. The number of alkyl carbamates (subject to hydrolysis) is 1. The molecule has 0 saturated heterocycles. The molecule has 0 saturated carbocycles. The van der Waals surface area contributed by atoms with Crippen molar-refractivity contribution in [3.05, 3.63) is 35.9 Å². The fraction of sp³-hybridized carbons (Fsp3) is 0.714. The number of carbonyl (C=O) groups excluding carboxylic acids is 2. The van der Waals surface area contributed by atoms with Crippen molar-refractivity contribution in [1.82, 2.24) is 5.32 Å². The van der Waals surface area contributed by atoms with Crippen molar-refractivity contribution in [2.75, 3.05) is 39.9 Å². The third-order valence-electron chi connectivity index (χ3n) is 6.24. The molecule has 0 bridgehead atoms. The summed E-state index contributed by atoms with van der Waals surface area (Å²) in [7, 11) is 2.24. The molecule has 2 atom stereocenters. The van der Waals surface area contributed by atoms with E-state index in [0.29, 0.717) is 6.54 Å². The maximum atomic E-state index is 12.2. The third-order valence-corrected chi connectivity index (χ3v) is 6.24. The van der Waals surface area contributed by atoms with Gasteiger partial charge in [-0.3, -0.25) is 4.79 Å². The Morgan fingerprint density at radius 3 is 2.20 bits per heavy atom. The first-order valence-electron chi connectivity index (χ1n) is 13.4. The minimum Gasteiger partial charge on any atom is -0.456 e. The van der Waals surface area contributed by atoms with E-state index in [9.17, 15) is 14.7 Å². The predicted molar refractivity (Wildman–Crippen MR) is 140 cm³/mol. The van der Waals surface area contributed by atoms with Crippen LogP contribution in [-0.4, -0.2) is 67.7 Å². The number of amides is 1. The van der Waals surface area contributed by atoms with Crippen LogP contribution in [0.5, 0.6) is 0 Å². The Kier molecular flexibility index (Phi) is 16.1. The van der Waals surface area contributed by atoms with Crippen molar-refractivity contribution in [2.45, 2.75) is 84.8 Å². The number of hydrogen-bond acceptors (Lipinski definition) is 5. The van der Waals surface area contributed by atoms with Gasteiger partial charge < -0.3 is 24.4 Å². The smallest absolute Gasteiger partial charge is 0.407 e. The summed E-state index contributed by atoms with van der Waals surface area (Å²) in [6.45, 7) is 8.33. The van der Waals surface area contributed by atoms with Crippen LogP contribution in [0.1, 0.15) is 77.7 Å². The lowest BCUT2D eigenvalue weighted by molar-refractivity contribution is -0.921. The van der Waals surface area contributed by atoms with Crippen molar-refractivity contribution < 1.29 is 28.7 Å². The number of nitrogens with zero attached hydrogens (tertiary/aromatic N) is 1. The van der Waals surface area contributed by atoms with Gasteiger partial charge in [0.05, 0.1) is 39.2 Å². The van der Waals surface area contributed by atoms with Gasteiger partial charge in [-0.25, -0.2) is 4.79 Å². The second-order valence-electron chi connectivity index (χ2n) is 10.1. The normalized spacial score (nSPS) is 13.8. The number of unbranched alkanes of at least 4 members (excludes halogenated alkanes) is 7. The average molecular weight is 494 g/mol. The number of benzene rings is 1. The zero-order valence-electron chi connectivity index (χ0n) is 22.5. The summed E-state index contributed by atoms with van der Waals surface area (Å²) in [4.78, 5) is 23.9. The molecule has 1 rings (SSSR count). The number of rotatable bonds is 19. The fourth-order valence-electron chi connectivity index (χ4n) is 3.99. The van der Waals surface area contributed by atoms with Crippen LogP contribution in [0.25, 0.3) is 0 Å². The second kappa shape index (κ2) is 18.2. The molecule has 0 heterocycles. The van der Waals surface area contributed by atoms with Crippen LogP contribution in [0.2, 0.25) is 0 Å². The number of carbonyl (C=O) groups is 2. The maximum absolute atomic E-state index is 12.2. The highest BCUT2D eigenvalue weighted by Gasteiger charge is 2.23. The Hall–Kier alpha value is -2.12. The second-order valence-corrected chi connectivity index (χ2v) is 10.1. The van der Waals surface area contributed by atoms with Gasteiger partial charge in [0.25, 0.3) is 0 Å². The summed E-state index contributed by atoms with van der Waals surface area (Å²) in [6.07, 6.45) is 8.89. The number of nitrogens with one attached hydrogen (secondary N) is 1. The van der Waals surface area contributed by atoms with Gasteiger partial charge >= 0.3 is 12.1 Å². The largest absolute Gasteiger partial charge is 0.456 e. The lowest BCUT2D eigenvalue weighted by Gasteiger charge is -2.35. The van der Waals surface area contributed by atoms with Gasteiger partial charge in [-0.05, 0) is 12.8 Å². The van der Waals surface area contributed by atoms with Gasteiger partial charge in [0.2, 0.25) is 0 Å². The van der Waals surface area contributed by atoms with Crippen LogP contribution in [-0.2, 0) is 20.8 Å². The Morgan fingerprint density at radius 2 is 1.60 bits per heavy atom. The topological polar surface area (TPSA) is 84.9 Å². The van der Waals surface area contributed by atoms with Crippen molar-refractivity contribution in [3.63, 3.8) is 0 Å². The number of aliphatic hydroxyl groups is 1. The molecule has 1 amide bonds. The number of hydrogen-bond donors (Lipinski definition) is 2. The molecule has 2 N–H and O–H groups in total. The van der Waals surface area contributed by atoms with E-state index in [1.165, 1.54) is 56.9 Å². The highest BCUT2D eigenvalue weighted by atomic mass is 16.6. The first kappa shape index (κ1) is 30.9. The van der Waals surface area contributed by atoms with E-state index >= 15 is 0 Å². The Labute approximate surface area is 212 Å². The third kappa shape index (κ3) is 14.8. The summed E-state index contributed by atoms with van der Waals surface area (Å²) in [5.74, 6) is -0.734. The van der Waals surface area contributed by atoms with Crippen LogP contribution in [0.4, 0.5) is 4.79 Å². The van der Waals surface area contributed by atoms with E-state index in [0.717, 1.165) is 24.1 Å². The SMILES string of the molecule is CCCCCCCCCC[N+](C)(CCNC(=O)OCC(CO)OC(=O)C(C)C)Cc1ccccc1. The molecule has 200 valence electrons. The van der Waals surface area contributed by atoms with Crippen LogP contribution >= 0.6 is 0 Å². The first-order valence-corrected chi connectivity index (χ1v) is 13.4. The van der Waals surface area contributed by atoms with Gasteiger partial charge in [-0.2, -0.15) is 0 Å². The van der Waals surface area contributed by atoms with Crippen molar-refractivity contribution >= 4 is 12.1 Å². The van der Waals surface area contributed by atoms with E-state index in [4.69, 9.17) is 9.47 Å². The molecule has 2 unspecified atom stereocenters. The molecular weight excluding hydrogens is 444 g/mol. The molecule has 7 nitrogen and oxygen atoms in total. The highest BCUT2D eigenvalue weighted by molar-refractivity contribution is 5.71. The van der Waals surface area contributed by atoms with Crippen molar-refractivity contribution in [3.8, 4) is 0 Å². The zero-order chi connectivity index (χ0) is 25.9. The average Bonchev–Trinajstić information content (AvgIpc) is 2.83. The number of quaternary nitrogens is 1. The zero-order valence-corrected chi connectivity index (χ0v) is 22.5. The Bertz CT molecular complexity index is 698. The van der Waals surface area contributed by atoms with Gasteiger partial charge in [-0.15, -0.1) is 0 Å². The lowest BCUT2D eigenvalue weighted by Crippen LogP contribution is -2.48. The van der Waals surface area contributed by atoms with E-state index in [2.05, 4.69) is 43.6 Å². The molecule has 0 spiro atoms. The molecular formula is C28H49N2O5+. The van der Waals surface area contributed by atoms with Gasteiger partial charge in [0, 0.05) is 5.56 Å². The van der Waals surface area contributed by atoms with E-state index in [1.54, 1.807) is 13.8 Å². The van der Waals surface area contributed by atoms with E-state index in [-0.39, 0.29) is 12.5 Å². The quantitative estimate of drug-likeness (QED) is 0.160. The van der Waals surface area contributed by atoms with Crippen LogP contribution in [0.3, 0.4) is 0 Å². The molecule has 1 aromatic carbocycles. The number of aliphatic hydroxyl groups excluding tert-OH is 1. The molecule has 0 aliphatic heterocycles. The number of ether oxygens (including phenoxy) is 2. The minimum absolute atomic E-state index is 0.171. The molecule has 0 aromatic heterocycles. The maximum Gasteiger partial charge on any atom is 0.407 e. The molecule has 0 aliphatic carbocycles. The lowest BCUT2D eigenvalue weighted by atomic mass is 10.1. The predicted octanol–water partition coefficient (Wildman–Crippen LogP) is 5.06. The van der Waals surface area contributed by atoms with E-state index in [1.807, 2.05) is 6.07 Å². The summed E-state index contributed by atoms with van der Waals surface area (Å²) in [5.41, 5.74) is 1.29. The van der Waals surface area contributed by atoms with Gasteiger partial charge in [0.1, 0.15) is 13.2 Å². The monoisotopic (exact) mass is 493 g/mol. The van der Waals surface area contributed by atoms with Gasteiger partial charge in [-0.1, -0.05) is 89.6 Å². The van der Waals surface area contributed by atoms with Crippen molar-refractivity contribution in [2.24, 2.45) is 5.92 Å². The minimum atomic E-state index is -0.850. The van der Waals surface area contributed by atoms with Gasteiger partial charge in [0.15, 0.2) is 6.10 Å². The number of likely N-dealkylation sites (N-methyl/N-ethyl adjacent to an activating group) is 1. The molecule has 0 aliphatic rings. The summed E-state index contributed by atoms with van der Waals surface area (Å²) in [6, 6.07) is 10.5. The van der Waals surface area contributed by atoms with Crippen LogP contribution in [0.15, 0.2) is 30.3 Å². The van der Waals surface area contributed by atoms with E-state index < -0.39 is 24.8 Å². The van der Waals surface area contributed by atoms with Crippen molar-refractivity contribution in [1.29, 1.82) is 0 Å². The summed E-state index contributed by atoms with van der Waals surface area (Å²) < 4.78 is 11.1. The standard InChI is InChI=1S/C28H48N2O5/c1-5-6-7-8-9-10-11-15-19-30(4,21-25-16-13-12-14-17-25)20-18-29-28(33)34-23-26(22-31)35-27(32)24(2)3/h12-14,16-17,24,26,31H,5-11,15,18-23H2,1-4H3/p+1. The summed E-state index contributed by atoms with van der Waals surface area (Å²) in [5, 5.41) is 12.2. The van der Waals surface area contributed by atoms with Crippen LogP contribution in [0, 0.1) is 5.92 Å². The number of esters is 1. The molecule has 1 aromatic rings. The molecule has 35 heavy (non-hydrogen) atoms. The Morgan fingerprint density at radius 1 is 0.971 bits per heavy atom. The Balaban J connectivity index is 2.46. The van der Waals surface area contributed by atoms with Crippen LogP contribution < -0.4 is 5.32 Å². The fourth-order valence-corrected chi connectivity index (χ4v) is 3.99. The molecule has 7 heteroatoms.